The quantitative estimate of drug-likeness (QED) is 0.817. The average molecular weight is 265 g/mol. The van der Waals surface area contributed by atoms with Gasteiger partial charge in [-0.2, -0.15) is 0 Å². The second-order valence-corrected chi connectivity index (χ2v) is 4.85. The molecule has 1 aliphatic heterocycles. The number of carbonyl (C=O) groups excluding carboxylic acids is 1. The van der Waals surface area contributed by atoms with Crippen LogP contribution in [-0.2, 0) is 9.53 Å². The predicted molar refractivity (Wildman–Crippen MR) is 71.3 cm³/mol. The zero-order valence-electron chi connectivity index (χ0n) is 10.9. The Morgan fingerprint density at radius 2 is 2.00 bits per heavy atom. The number of carbonyl (C=O) groups is 1. The minimum atomic E-state index is 0. The summed E-state index contributed by atoms with van der Waals surface area (Å²) in [5.74, 6) is 0.765. The minimum absolute atomic E-state index is 0. The molecule has 1 rings (SSSR count). The SMILES string of the molecule is CC(C)COC1CCN(C(=O)CCN)CC1.Cl. The molecule has 0 radical (unpaired) electrons. The molecule has 102 valence electrons. The lowest BCUT2D eigenvalue weighted by Crippen LogP contribution is -2.41. The van der Waals surface area contributed by atoms with Gasteiger partial charge in [-0.15, -0.1) is 12.4 Å². The van der Waals surface area contributed by atoms with Crippen LogP contribution in [-0.4, -0.2) is 43.2 Å². The molecule has 5 heteroatoms. The zero-order chi connectivity index (χ0) is 12.0. The Bertz CT molecular complexity index is 217. The molecule has 0 saturated carbocycles. The number of likely N-dealkylation sites (tertiary alicyclic amines) is 1. The molecule has 0 aromatic heterocycles. The summed E-state index contributed by atoms with van der Waals surface area (Å²) in [5, 5.41) is 0. The van der Waals surface area contributed by atoms with Crippen LogP contribution < -0.4 is 5.73 Å². The van der Waals surface area contributed by atoms with E-state index in [4.69, 9.17) is 10.5 Å². The molecule has 0 aliphatic carbocycles. The smallest absolute Gasteiger partial charge is 0.223 e. The van der Waals surface area contributed by atoms with Crippen molar-refractivity contribution >= 4 is 18.3 Å². The Morgan fingerprint density at radius 3 is 2.47 bits per heavy atom. The molecular formula is C12H25ClN2O2. The van der Waals surface area contributed by atoms with Gasteiger partial charge < -0.3 is 15.4 Å². The topological polar surface area (TPSA) is 55.6 Å². The highest BCUT2D eigenvalue weighted by Gasteiger charge is 2.22. The fourth-order valence-corrected chi connectivity index (χ4v) is 1.88. The van der Waals surface area contributed by atoms with Crippen molar-refractivity contribution in [1.82, 2.24) is 4.90 Å². The fraction of sp³-hybridized carbons (Fsp3) is 0.917. The molecule has 0 bridgehead atoms. The second-order valence-electron chi connectivity index (χ2n) is 4.85. The van der Waals surface area contributed by atoms with E-state index in [-0.39, 0.29) is 18.3 Å². The van der Waals surface area contributed by atoms with E-state index in [1.807, 2.05) is 4.90 Å². The van der Waals surface area contributed by atoms with E-state index in [2.05, 4.69) is 13.8 Å². The molecule has 2 N–H and O–H groups in total. The molecule has 0 aromatic rings. The Labute approximate surface area is 110 Å². The summed E-state index contributed by atoms with van der Waals surface area (Å²) >= 11 is 0. The maximum atomic E-state index is 11.6. The average Bonchev–Trinajstić information content (AvgIpc) is 2.27. The third kappa shape index (κ3) is 6.24. The van der Waals surface area contributed by atoms with Gasteiger partial charge in [0.05, 0.1) is 6.10 Å². The highest BCUT2D eigenvalue weighted by molar-refractivity contribution is 5.85. The standard InChI is InChI=1S/C12H24N2O2.ClH/c1-10(2)9-16-11-4-7-14(8-5-11)12(15)3-6-13;/h10-11H,3-9,13H2,1-2H3;1H. The first-order valence-corrected chi connectivity index (χ1v) is 6.23. The molecule has 1 aliphatic rings. The molecular weight excluding hydrogens is 240 g/mol. The van der Waals surface area contributed by atoms with Crippen LogP contribution in [0.2, 0.25) is 0 Å². The van der Waals surface area contributed by atoms with Crippen molar-refractivity contribution in [1.29, 1.82) is 0 Å². The Balaban J connectivity index is 0.00000256. The number of amides is 1. The van der Waals surface area contributed by atoms with Gasteiger partial charge in [0, 0.05) is 32.7 Å². The lowest BCUT2D eigenvalue weighted by Gasteiger charge is -2.32. The number of rotatable bonds is 5. The van der Waals surface area contributed by atoms with Gasteiger partial charge >= 0.3 is 0 Å². The van der Waals surface area contributed by atoms with Crippen molar-refractivity contribution in [3.05, 3.63) is 0 Å². The third-order valence-electron chi connectivity index (χ3n) is 2.82. The largest absolute Gasteiger partial charge is 0.378 e. The highest BCUT2D eigenvalue weighted by atomic mass is 35.5. The Kier molecular flexibility index (Phi) is 8.56. The van der Waals surface area contributed by atoms with Crippen molar-refractivity contribution in [3.63, 3.8) is 0 Å². The monoisotopic (exact) mass is 264 g/mol. The molecule has 1 saturated heterocycles. The first-order chi connectivity index (χ1) is 7.63. The van der Waals surface area contributed by atoms with Crippen LogP contribution in [0.15, 0.2) is 0 Å². The van der Waals surface area contributed by atoms with E-state index in [0.29, 0.717) is 25.0 Å². The van der Waals surface area contributed by atoms with Crippen molar-refractivity contribution < 1.29 is 9.53 Å². The first-order valence-electron chi connectivity index (χ1n) is 6.23. The van der Waals surface area contributed by atoms with Crippen molar-refractivity contribution in [2.24, 2.45) is 11.7 Å². The molecule has 4 nitrogen and oxygen atoms in total. The number of nitrogens with zero attached hydrogens (tertiary/aromatic N) is 1. The van der Waals surface area contributed by atoms with E-state index in [9.17, 15) is 4.79 Å². The van der Waals surface area contributed by atoms with E-state index < -0.39 is 0 Å². The molecule has 0 aromatic carbocycles. The summed E-state index contributed by atoms with van der Waals surface area (Å²) < 4.78 is 5.77. The van der Waals surface area contributed by atoms with Gasteiger partial charge in [0.2, 0.25) is 5.91 Å². The van der Waals surface area contributed by atoms with Gasteiger partial charge in [-0.3, -0.25) is 4.79 Å². The number of hydrogen-bond donors (Lipinski definition) is 1. The summed E-state index contributed by atoms with van der Waals surface area (Å²) in [5.41, 5.74) is 5.37. The molecule has 17 heavy (non-hydrogen) atoms. The number of piperidine rings is 1. The number of halogens is 1. The van der Waals surface area contributed by atoms with Gasteiger partial charge in [-0.25, -0.2) is 0 Å². The van der Waals surface area contributed by atoms with Crippen LogP contribution in [0.3, 0.4) is 0 Å². The van der Waals surface area contributed by atoms with Crippen molar-refractivity contribution in [2.75, 3.05) is 26.2 Å². The first kappa shape index (κ1) is 16.7. The number of nitrogens with two attached hydrogens (primary N) is 1. The van der Waals surface area contributed by atoms with Gasteiger partial charge in [-0.05, 0) is 18.8 Å². The third-order valence-corrected chi connectivity index (χ3v) is 2.82. The summed E-state index contributed by atoms with van der Waals surface area (Å²) in [6, 6.07) is 0. The fourth-order valence-electron chi connectivity index (χ4n) is 1.88. The molecule has 0 atom stereocenters. The Morgan fingerprint density at radius 1 is 1.41 bits per heavy atom. The van der Waals surface area contributed by atoms with E-state index >= 15 is 0 Å². The van der Waals surface area contributed by atoms with Crippen molar-refractivity contribution in [3.8, 4) is 0 Å². The van der Waals surface area contributed by atoms with Crippen LogP contribution in [0.5, 0.6) is 0 Å². The second kappa shape index (κ2) is 8.72. The van der Waals surface area contributed by atoms with Gasteiger partial charge in [0.15, 0.2) is 0 Å². The number of hydrogen-bond acceptors (Lipinski definition) is 3. The summed E-state index contributed by atoms with van der Waals surface area (Å²) in [7, 11) is 0. The maximum absolute atomic E-state index is 11.6. The molecule has 0 spiro atoms. The lowest BCUT2D eigenvalue weighted by molar-refractivity contribution is -0.133. The Hall–Kier alpha value is -0.320. The highest BCUT2D eigenvalue weighted by Crippen LogP contribution is 2.15. The van der Waals surface area contributed by atoms with Crippen LogP contribution in [0.4, 0.5) is 0 Å². The summed E-state index contributed by atoms with van der Waals surface area (Å²) in [4.78, 5) is 13.5. The van der Waals surface area contributed by atoms with Crippen LogP contribution in [0.25, 0.3) is 0 Å². The summed E-state index contributed by atoms with van der Waals surface area (Å²) in [6.07, 6.45) is 2.73. The molecule has 1 amide bonds. The predicted octanol–water partition coefficient (Wildman–Crippen LogP) is 1.42. The molecule has 1 fully saturated rings. The lowest BCUT2D eigenvalue weighted by atomic mass is 10.1. The van der Waals surface area contributed by atoms with E-state index in [1.54, 1.807) is 0 Å². The number of ether oxygens (including phenoxy) is 1. The minimum Gasteiger partial charge on any atom is -0.378 e. The van der Waals surface area contributed by atoms with Crippen molar-refractivity contribution in [2.45, 2.75) is 39.2 Å². The zero-order valence-corrected chi connectivity index (χ0v) is 11.7. The normalized spacial score (nSPS) is 17.1. The molecule has 0 unspecified atom stereocenters. The summed E-state index contributed by atoms with van der Waals surface area (Å²) in [6.45, 7) is 7.22. The van der Waals surface area contributed by atoms with Crippen LogP contribution in [0, 0.1) is 5.92 Å². The van der Waals surface area contributed by atoms with Crippen LogP contribution >= 0.6 is 12.4 Å². The van der Waals surface area contributed by atoms with Gasteiger partial charge in [0.25, 0.3) is 0 Å². The molecule has 1 heterocycles. The maximum Gasteiger partial charge on any atom is 0.223 e. The van der Waals surface area contributed by atoms with E-state index in [1.165, 1.54) is 0 Å². The van der Waals surface area contributed by atoms with Gasteiger partial charge in [-0.1, -0.05) is 13.8 Å². The van der Waals surface area contributed by atoms with E-state index in [0.717, 1.165) is 32.5 Å². The van der Waals surface area contributed by atoms with Gasteiger partial charge in [0.1, 0.15) is 0 Å². The van der Waals surface area contributed by atoms with Crippen LogP contribution in [0.1, 0.15) is 33.1 Å².